The first-order valence-corrected chi connectivity index (χ1v) is 11.5. The standard InChI is InChI=1S/C14H14OS.C7H8O3S/c1-16(11-12-5-3-2-4-6-12)14-9-7-13(15)8-10-14;1-6-4-2-3-5-7(6)11(8,9)10/h2-10H,11H2,1H3;2-5H,1H3,(H,8,9,10). The highest BCUT2D eigenvalue weighted by molar-refractivity contribution is 7.95. The maximum absolute atomic E-state index is 10.5. The first kappa shape index (κ1) is 21.0. The van der Waals surface area contributed by atoms with Crippen LogP contribution in [0.1, 0.15) is 11.1 Å². The molecule has 1 unspecified atom stereocenters. The van der Waals surface area contributed by atoms with Crippen LogP contribution in [0.3, 0.4) is 0 Å². The Morgan fingerprint density at radius 3 is 1.96 bits per heavy atom. The van der Waals surface area contributed by atoms with Gasteiger partial charge in [0, 0.05) is 16.5 Å². The Labute approximate surface area is 163 Å². The average molecular weight is 403 g/mol. The van der Waals surface area contributed by atoms with Crippen molar-refractivity contribution in [1.82, 2.24) is 0 Å². The van der Waals surface area contributed by atoms with Crippen molar-refractivity contribution >= 4 is 21.0 Å². The van der Waals surface area contributed by atoms with E-state index in [-0.39, 0.29) is 15.8 Å². The van der Waals surface area contributed by atoms with Gasteiger partial charge < -0.3 is 9.66 Å². The van der Waals surface area contributed by atoms with Gasteiger partial charge in [0.15, 0.2) is 4.90 Å². The van der Waals surface area contributed by atoms with Crippen molar-refractivity contribution in [2.75, 3.05) is 6.26 Å². The zero-order valence-corrected chi connectivity index (χ0v) is 16.8. The fourth-order valence-electron chi connectivity index (χ4n) is 2.42. The summed E-state index contributed by atoms with van der Waals surface area (Å²) in [6.45, 7) is 1.59. The molecule has 142 valence electrons. The molecule has 1 atom stereocenters. The summed E-state index contributed by atoms with van der Waals surface area (Å²) in [5, 5.41) is 9.23. The Hall–Kier alpha value is -2.28. The van der Waals surface area contributed by atoms with Gasteiger partial charge in [-0.2, -0.15) is 0 Å². The van der Waals surface area contributed by atoms with E-state index in [4.69, 9.17) is 0 Å². The largest absolute Gasteiger partial charge is 0.744 e. The molecule has 27 heavy (non-hydrogen) atoms. The number of aromatic hydroxyl groups is 1. The van der Waals surface area contributed by atoms with Crippen molar-refractivity contribution in [3.63, 3.8) is 0 Å². The molecule has 0 spiro atoms. The first-order chi connectivity index (χ1) is 12.8. The summed E-state index contributed by atoms with van der Waals surface area (Å²) in [5.74, 6) is 1.39. The molecule has 0 heterocycles. The predicted molar refractivity (Wildman–Crippen MR) is 109 cm³/mol. The maximum atomic E-state index is 10.5. The van der Waals surface area contributed by atoms with Crippen LogP contribution in [0, 0.1) is 6.92 Å². The summed E-state index contributed by atoms with van der Waals surface area (Å²) in [5.41, 5.74) is 1.85. The Bertz CT molecular complexity index is 953. The van der Waals surface area contributed by atoms with Crippen molar-refractivity contribution in [3.05, 3.63) is 90.0 Å². The minimum Gasteiger partial charge on any atom is -0.744 e. The SMILES string of the molecule is C[S+](Cc1ccccc1)c1ccc(O)cc1.Cc1ccccc1S(=O)(=O)[O-]. The van der Waals surface area contributed by atoms with Crippen LogP contribution in [0.15, 0.2) is 88.7 Å². The molecule has 3 aromatic carbocycles. The van der Waals surface area contributed by atoms with Crippen LogP contribution in [0.25, 0.3) is 0 Å². The monoisotopic (exact) mass is 402 g/mol. The van der Waals surface area contributed by atoms with Crippen molar-refractivity contribution in [2.24, 2.45) is 0 Å². The molecule has 0 aliphatic carbocycles. The number of aryl methyl sites for hydroxylation is 1. The minimum absolute atomic E-state index is 0.139. The quantitative estimate of drug-likeness (QED) is 0.526. The van der Waals surface area contributed by atoms with Crippen molar-refractivity contribution < 1.29 is 18.1 Å². The second-order valence-electron chi connectivity index (χ2n) is 5.98. The number of rotatable bonds is 4. The maximum Gasteiger partial charge on any atom is 0.155 e. The summed E-state index contributed by atoms with van der Waals surface area (Å²) >= 11 is 0. The van der Waals surface area contributed by atoms with Gasteiger partial charge in [-0.1, -0.05) is 48.5 Å². The summed E-state index contributed by atoms with van der Waals surface area (Å²) in [6.07, 6.45) is 2.24. The van der Waals surface area contributed by atoms with Gasteiger partial charge in [0.2, 0.25) is 0 Å². The van der Waals surface area contributed by atoms with Gasteiger partial charge >= 0.3 is 0 Å². The van der Waals surface area contributed by atoms with Crippen LogP contribution in [0.5, 0.6) is 5.75 Å². The number of hydrogen-bond acceptors (Lipinski definition) is 4. The van der Waals surface area contributed by atoms with Gasteiger partial charge in [0.05, 0.1) is 4.90 Å². The molecule has 3 aromatic rings. The van der Waals surface area contributed by atoms with E-state index >= 15 is 0 Å². The van der Waals surface area contributed by atoms with Gasteiger partial charge in [-0.05, 0) is 42.8 Å². The summed E-state index contributed by atoms with van der Waals surface area (Å²) in [6, 6.07) is 24.1. The van der Waals surface area contributed by atoms with Crippen LogP contribution >= 0.6 is 0 Å². The Kier molecular flexibility index (Phi) is 7.47. The van der Waals surface area contributed by atoms with E-state index in [0.29, 0.717) is 11.3 Å². The molecule has 0 saturated carbocycles. The number of phenolic OH excluding ortho intramolecular Hbond substituents is 1. The third-order valence-corrected chi connectivity index (χ3v) is 6.67. The normalized spacial score (nSPS) is 12.0. The van der Waals surface area contributed by atoms with E-state index in [1.54, 1.807) is 31.2 Å². The van der Waals surface area contributed by atoms with E-state index in [1.165, 1.54) is 22.6 Å². The number of hydrogen-bond donors (Lipinski definition) is 1. The molecule has 3 rings (SSSR count). The second-order valence-corrected chi connectivity index (χ2v) is 9.36. The van der Waals surface area contributed by atoms with Crippen LogP contribution in [0.4, 0.5) is 0 Å². The Morgan fingerprint density at radius 2 is 1.44 bits per heavy atom. The second kappa shape index (κ2) is 9.60. The molecule has 0 amide bonds. The highest BCUT2D eigenvalue weighted by Gasteiger charge is 2.15. The zero-order chi connectivity index (χ0) is 19.9. The van der Waals surface area contributed by atoms with E-state index in [0.717, 1.165) is 5.75 Å². The molecular formula is C21H22O4S2. The lowest BCUT2D eigenvalue weighted by Gasteiger charge is -2.08. The van der Waals surface area contributed by atoms with Crippen molar-refractivity contribution in [1.29, 1.82) is 0 Å². The predicted octanol–water partition coefficient (Wildman–Crippen LogP) is 4.10. The van der Waals surface area contributed by atoms with Gasteiger partial charge in [0.25, 0.3) is 0 Å². The molecule has 4 nitrogen and oxygen atoms in total. The third-order valence-electron chi connectivity index (χ3n) is 3.83. The van der Waals surface area contributed by atoms with Crippen molar-refractivity contribution in [3.8, 4) is 5.75 Å². The molecule has 0 aliphatic rings. The number of benzene rings is 3. The smallest absolute Gasteiger partial charge is 0.155 e. The molecule has 0 aliphatic heterocycles. The number of phenols is 1. The summed E-state index contributed by atoms with van der Waals surface area (Å²) in [4.78, 5) is 1.15. The highest BCUT2D eigenvalue weighted by atomic mass is 32.2. The van der Waals surface area contributed by atoms with Crippen molar-refractivity contribution in [2.45, 2.75) is 22.5 Å². The lowest BCUT2D eigenvalue weighted by atomic mass is 10.2. The topological polar surface area (TPSA) is 77.4 Å². The highest BCUT2D eigenvalue weighted by Crippen LogP contribution is 2.19. The van der Waals surface area contributed by atoms with Crippen LogP contribution in [-0.2, 0) is 26.8 Å². The average Bonchev–Trinajstić information content (AvgIpc) is 2.63. The lowest BCUT2D eigenvalue weighted by Crippen LogP contribution is -2.03. The summed E-state index contributed by atoms with van der Waals surface area (Å²) < 4.78 is 31.5. The van der Waals surface area contributed by atoms with Gasteiger partial charge in [0.1, 0.15) is 27.9 Å². The Morgan fingerprint density at radius 1 is 0.889 bits per heavy atom. The fourth-order valence-corrected chi connectivity index (χ4v) is 4.59. The van der Waals surface area contributed by atoms with Crippen LogP contribution < -0.4 is 0 Å². The van der Waals surface area contributed by atoms with Gasteiger partial charge in [-0.3, -0.25) is 0 Å². The van der Waals surface area contributed by atoms with Crippen LogP contribution in [-0.4, -0.2) is 24.3 Å². The molecular weight excluding hydrogens is 380 g/mol. The van der Waals surface area contributed by atoms with E-state index in [9.17, 15) is 18.1 Å². The van der Waals surface area contributed by atoms with E-state index in [2.05, 4.69) is 30.5 Å². The molecule has 1 N–H and O–H groups in total. The van der Waals surface area contributed by atoms with Gasteiger partial charge in [-0.25, -0.2) is 8.42 Å². The Balaban J connectivity index is 0.000000208. The molecule has 0 bridgehead atoms. The molecule has 0 saturated heterocycles. The van der Waals surface area contributed by atoms with Crippen LogP contribution in [0.2, 0.25) is 0 Å². The van der Waals surface area contributed by atoms with E-state index in [1.807, 2.05) is 18.2 Å². The molecule has 0 fully saturated rings. The zero-order valence-electron chi connectivity index (χ0n) is 15.2. The molecule has 0 radical (unpaired) electrons. The van der Waals surface area contributed by atoms with E-state index < -0.39 is 10.1 Å². The fraction of sp³-hybridized carbons (Fsp3) is 0.143. The first-order valence-electron chi connectivity index (χ1n) is 8.24. The third kappa shape index (κ3) is 6.75. The molecule has 6 heteroatoms. The minimum atomic E-state index is -4.28. The van der Waals surface area contributed by atoms with Gasteiger partial charge in [-0.15, -0.1) is 0 Å². The molecule has 0 aromatic heterocycles. The lowest BCUT2D eigenvalue weighted by molar-refractivity contribution is 0.462. The summed E-state index contributed by atoms with van der Waals surface area (Å²) in [7, 11) is -4.09.